The van der Waals surface area contributed by atoms with Gasteiger partial charge < -0.3 is 19.9 Å². The van der Waals surface area contributed by atoms with Crippen molar-refractivity contribution in [3.8, 4) is 11.5 Å². The van der Waals surface area contributed by atoms with Crippen molar-refractivity contribution < 1.29 is 23.8 Å². The minimum absolute atomic E-state index is 0.0438. The Labute approximate surface area is 182 Å². The predicted octanol–water partition coefficient (Wildman–Crippen LogP) is 0.255. The lowest BCUT2D eigenvalue weighted by Crippen LogP contribution is -2.67. The van der Waals surface area contributed by atoms with Crippen LogP contribution in [0.4, 0.5) is 0 Å². The van der Waals surface area contributed by atoms with E-state index < -0.39 is 12.0 Å². The van der Waals surface area contributed by atoms with Crippen LogP contribution in [-0.2, 0) is 20.9 Å². The van der Waals surface area contributed by atoms with E-state index in [2.05, 4.69) is 15.5 Å². The highest BCUT2D eigenvalue weighted by Gasteiger charge is 2.51. The first-order chi connectivity index (χ1) is 14.9. The zero-order chi connectivity index (χ0) is 22.1. The minimum Gasteiger partial charge on any atom is -0.497 e. The van der Waals surface area contributed by atoms with Crippen molar-refractivity contribution in [3.05, 3.63) is 35.2 Å². The van der Waals surface area contributed by atoms with Gasteiger partial charge in [0, 0.05) is 29.9 Å². The Morgan fingerprint density at radius 3 is 2.84 bits per heavy atom. The van der Waals surface area contributed by atoms with Gasteiger partial charge in [0.05, 0.1) is 26.5 Å². The zero-order valence-corrected chi connectivity index (χ0v) is 18.1. The summed E-state index contributed by atoms with van der Waals surface area (Å²) < 4.78 is 17.5. The molecule has 1 amide bonds. The van der Waals surface area contributed by atoms with E-state index in [-0.39, 0.29) is 17.9 Å². The first-order valence-electron chi connectivity index (χ1n) is 9.47. The summed E-state index contributed by atoms with van der Waals surface area (Å²) in [6.45, 7) is 1.68. The lowest BCUT2D eigenvalue weighted by molar-refractivity contribution is -0.139. The molecule has 2 aromatic rings. The van der Waals surface area contributed by atoms with Crippen molar-refractivity contribution >= 4 is 29.3 Å². The molecule has 1 fully saturated rings. The molecular weight excluding hydrogens is 424 g/mol. The van der Waals surface area contributed by atoms with Gasteiger partial charge in [-0.15, -0.1) is 16.9 Å². The Morgan fingerprint density at radius 2 is 2.13 bits per heavy atom. The number of rotatable bonds is 7. The Morgan fingerprint density at radius 1 is 1.32 bits per heavy atom. The van der Waals surface area contributed by atoms with Crippen molar-refractivity contribution in [2.75, 3.05) is 26.6 Å². The average molecular weight is 446 g/mol. The number of hydrogen-bond acceptors (Lipinski definition) is 10. The molecule has 0 bridgehead atoms. The van der Waals surface area contributed by atoms with Crippen molar-refractivity contribution in [1.82, 2.24) is 25.1 Å². The summed E-state index contributed by atoms with van der Waals surface area (Å²) in [6, 6.07) is 4.87. The molecule has 1 saturated heterocycles. The number of benzene rings is 1. The summed E-state index contributed by atoms with van der Waals surface area (Å²) in [4.78, 5) is 25.5. The molecule has 2 atom stereocenters. The molecule has 2 aliphatic rings. The second-order valence-corrected chi connectivity index (χ2v) is 8.11. The second kappa shape index (κ2) is 8.55. The minimum atomic E-state index is -0.582. The predicted molar refractivity (Wildman–Crippen MR) is 111 cm³/mol. The first-order valence-corrected chi connectivity index (χ1v) is 10.5. The summed E-state index contributed by atoms with van der Waals surface area (Å²) in [6.07, 6.45) is 0. The van der Waals surface area contributed by atoms with Crippen LogP contribution in [0.25, 0.3) is 5.70 Å². The number of esters is 1. The van der Waals surface area contributed by atoms with E-state index in [1.165, 1.54) is 18.7 Å². The van der Waals surface area contributed by atoms with Crippen LogP contribution in [0.2, 0.25) is 0 Å². The summed E-state index contributed by atoms with van der Waals surface area (Å²) >= 11 is 1.52. The summed E-state index contributed by atoms with van der Waals surface area (Å²) in [5.74, 6) is 1.59. The number of tetrazole rings is 1. The number of methoxy groups -OCH3 is 2. The number of amides is 1. The SMILES string of the molecule is COc1ccc(Cn2nnnc2C2=C(COC(C)=O)CS[C@@H]3[C@H](N)C(=O)N23)c(OC)c1. The highest BCUT2D eigenvalue weighted by atomic mass is 32.2. The number of aromatic nitrogens is 4. The normalized spacial score (nSPS) is 20.3. The van der Waals surface area contributed by atoms with Gasteiger partial charge in [-0.1, -0.05) is 0 Å². The fraction of sp³-hybridized carbons (Fsp3) is 0.421. The molecule has 1 aromatic carbocycles. The topological polar surface area (TPSA) is 135 Å². The van der Waals surface area contributed by atoms with E-state index in [0.29, 0.717) is 35.3 Å². The van der Waals surface area contributed by atoms with Crippen LogP contribution in [0.3, 0.4) is 0 Å². The number of nitrogens with two attached hydrogens (primary N) is 1. The molecule has 0 radical (unpaired) electrons. The molecule has 0 spiro atoms. The van der Waals surface area contributed by atoms with Crippen LogP contribution in [0.1, 0.15) is 18.3 Å². The third-order valence-electron chi connectivity index (χ3n) is 5.10. The highest BCUT2D eigenvalue weighted by Crippen LogP contribution is 2.43. The van der Waals surface area contributed by atoms with Gasteiger partial charge in [-0.05, 0) is 22.6 Å². The van der Waals surface area contributed by atoms with Gasteiger partial charge in [0.15, 0.2) is 5.82 Å². The Bertz CT molecular complexity index is 1050. The van der Waals surface area contributed by atoms with E-state index in [1.807, 2.05) is 12.1 Å². The van der Waals surface area contributed by atoms with E-state index >= 15 is 0 Å². The van der Waals surface area contributed by atoms with Crippen molar-refractivity contribution in [2.45, 2.75) is 24.9 Å². The molecule has 11 nitrogen and oxygen atoms in total. The van der Waals surface area contributed by atoms with Gasteiger partial charge in [0.1, 0.15) is 29.5 Å². The largest absolute Gasteiger partial charge is 0.497 e. The summed E-state index contributed by atoms with van der Waals surface area (Å²) in [5, 5.41) is 11.9. The van der Waals surface area contributed by atoms with E-state index in [1.54, 1.807) is 29.9 Å². The molecule has 0 aliphatic carbocycles. The van der Waals surface area contributed by atoms with Crippen molar-refractivity contribution in [3.63, 3.8) is 0 Å². The molecule has 2 N–H and O–H groups in total. The maximum atomic E-state index is 12.6. The molecule has 2 aliphatic heterocycles. The van der Waals surface area contributed by atoms with Crippen LogP contribution < -0.4 is 15.2 Å². The van der Waals surface area contributed by atoms with Crippen molar-refractivity contribution in [2.24, 2.45) is 5.73 Å². The van der Waals surface area contributed by atoms with E-state index in [9.17, 15) is 9.59 Å². The van der Waals surface area contributed by atoms with Crippen LogP contribution in [0.5, 0.6) is 11.5 Å². The van der Waals surface area contributed by atoms with E-state index in [4.69, 9.17) is 19.9 Å². The fourth-order valence-electron chi connectivity index (χ4n) is 3.52. The molecule has 3 heterocycles. The smallest absolute Gasteiger partial charge is 0.302 e. The summed E-state index contributed by atoms with van der Waals surface area (Å²) in [5.41, 5.74) is 8.09. The molecule has 0 saturated carbocycles. The Hall–Kier alpha value is -3.12. The van der Waals surface area contributed by atoms with Gasteiger partial charge in [-0.2, -0.15) is 0 Å². The van der Waals surface area contributed by atoms with Crippen LogP contribution >= 0.6 is 11.8 Å². The lowest BCUT2D eigenvalue weighted by atomic mass is 10.0. The van der Waals surface area contributed by atoms with E-state index in [0.717, 1.165) is 11.1 Å². The molecule has 0 unspecified atom stereocenters. The number of ether oxygens (including phenoxy) is 3. The number of fused-ring (bicyclic) bond motifs is 1. The van der Waals surface area contributed by atoms with Gasteiger partial charge in [0.25, 0.3) is 0 Å². The van der Waals surface area contributed by atoms with Gasteiger partial charge in [0.2, 0.25) is 5.91 Å². The number of thioether (sulfide) groups is 1. The third-order valence-corrected chi connectivity index (χ3v) is 6.46. The van der Waals surface area contributed by atoms with Crippen LogP contribution in [0.15, 0.2) is 23.8 Å². The monoisotopic (exact) mass is 446 g/mol. The molecule has 4 rings (SSSR count). The van der Waals surface area contributed by atoms with Gasteiger partial charge in [-0.3, -0.25) is 14.5 Å². The molecule has 31 heavy (non-hydrogen) atoms. The first kappa shape index (κ1) is 21.1. The number of hydrogen-bond donors (Lipinski definition) is 1. The van der Waals surface area contributed by atoms with Crippen molar-refractivity contribution in [1.29, 1.82) is 0 Å². The summed E-state index contributed by atoms with van der Waals surface area (Å²) in [7, 11) is 3.15. The molecule has 1 aromatic heterocycles. The number of β-lactam (4-membered cyclic amide) rings is 1. The Kier molecular flexibility index (Phi) is 5.83. The molecular formula is C19H22N6O5S. The fourth-order valence-corrected chi connectivity index (χ4v) is 4.79. The van der Waals surface area contributed by atoms with Crippen LogP contribution in [0, 0.1) is 0 Å². The quantitative estimate of drug-likeness (QED) is 0.466. The molecule has 164 valence electrons. The second-order valence-electron chi connectivity index (χ2n) is 7.01. The van der Waals surface area contributed by atoms with Crippen LogP contribution in [-0.4, -0.2) is 75.0 Å². The Balaban J connectivity index is 1.72. The molecule has 12 heteroatoms. The van der Waals surface area contributed by atoms with Gasteiger partial charge >= 0.3 is 5.97 Å². The number of carbonyl (C=O) groups is 2. The average Bonchev–Trinajstić information content (AvgIpc) is 3.24. The lowest BCUT2D eigenvalue weighted by Gasteiger charge is -2.48. The standard InChI is InChI=1S/C19H22N6O5S/c1-10(26)30-8-12-9-31-19-15(20)18(27)25(19)16(12)17-21-22-23-24(17)7-11-4-5-13(28-2)6-14(11)29-3/h4-6,15,19H,7-9,20H2,1-3H3/t15-,19-/m1/s1. The number of carbonyl (C=O) groups excluding carboxylic acids is 2. The third kappa shape index (κ3) is 3.83. The number of nitrogens with zero attached hydrogens (tertiary/aromatic N) is 5. The maximum Gasteiger partial charge on any atom is 0.302 e. The maximum absolute atomic E-state index is 12.6. The zero-order valence-electron chi connectivity index (χ0n) is 17.3. The van der Waals surface area contributed by atoms with Gasteiger partial charge in [-0.25, -0.2) is 4.68 Å². The highest BCUT2D eigenvalue weighted by molar-refractivity contribution is 8.00.